The van der Waals surface area contributed by atoms with Crippen molar-refractivity contribution in [3.63, 3.8) is 0 Å². The molecule has 2 heterocycles. The molecule has 2 aromatic heterocycles. The number of halogens is 1. The fraction of sp³-hybridized carbons (Fsp3) is 0.625. The van der Waals surface area contributed by atoms with E-state index in [1.165, 1.54) is 32.1 Å². The van der Waals surface area contributed by atoms with E-state index < -0.39 is 0 Å². The monoisotopic (exact) mass is 305 g/mol. The molecule has 21 heavy (non-hydrogen) atoms. The van der Waals surface area contributed by atoms with Crippen LogP contribution in [-0.2, 0) is 7.05 Å². The van der Waals surface area contributed by atoms with Crippen molar-refractivity contribution in [2.24, 2.45) is 7.05 Å². The van der Waals surface area contributed by atoms with Gasteiger partial charge in [0, 0.05) is 13.0 Å². The number of imidazole rings is 1. The lowest BCUT2D eigenvalue weighted by Crippen LogP contribution is -2.21. The molecule has 0 aromatic carbocycles. The summed E-state index contributed by atoms with van der Waals surface area (Å²) in [6.07, 6.45) is 10.6. The van der Waals surface area contributed by atoms with E-state index in [1.807, 2.05) is 17.8 Å². The maximum Gasteiger partial charge on any atom is 0.297 e. The van der Waals surface area contributed by atoms with Crippen LogP contribution in [0, 0.1) is 0 Å². The summed E-state index contributed by atoms with van der Waals surface area (Å²) < 4.78 is 8.09. The minimum atomic E-state index is 0.295. The highest BCUT2D eigenvalue weighted by atomic mass is 35.5. The van der Waals surface area contributed by atoms with Gasteiger partial charge in [-0.3, -0.25) is 9.55 Å². The molecule has 112 valence electrons. The van der Waals surface area contributed by atoms with Crippen molar-refractivity contribution >= 4 is 22.6 Å². The maximum absolute atomic E-state index is 6.56. The molecule has 4 rings (SSSR count). The second kappa shape index (κ2) is 5.16. The zero-order chi connectivity index (χ0) is 14.4. The third kappa shape index (κ3) is 2.39. The standard InChI is InChI=1S/C16H20ClN3O/c1-20-15-12(9-18-14(13(15)17)10-7-8-10)19-16(20)21-11-5-3-2-4-6-11/h9-11H,2-8H2,1H3. The molecule has 0 atom stereocenters. The molecule has 0 saturated heterocycles. The molecule has 2 aliphatic rings. The minimum Gasteiger partial charge on any atom is -0.461 e. The first-order chi connectivity index (χ1) is 10.2. The Labute approximate surface area is 129 Å². The van der Waals surface area contributed by atoms with Crippen molar-refractivity contribution in [2.45, 2.75) is 57.0 Å². The third-order valence-corrected chi connectivity index (χ3v) is 5.00. The number of hydrogen-bond acceptors (Lipinski definition) is 3. The number of pyridine rings is 1. The molecular weight excluding hydrogens is 286 g/mol. The van der Waals surface area contributed by atoms with Crippen LogP contribution in [0.3, 0.4) is 0 Å². The Morgan fingerprint density at radius 2 is 1.95 bits per heavy atom. The van der Waals surface area contributed by atoms with Gasteiger partial charge >= 0.3 is 0 Å². The van der Waals surface area contributed by atoms with Crippen LogP contribution >= 0.6 is 11.6 Å². The van der Waals surface area contributed by atoms with Crippen molar-refractivity contribution in [1.29, 1.82) is 0 Å². The van der Waals surface area contributed by atoms with Gasteiger partial charge in [0.15, 0.2) is 0 Å². The molecule has 0 radical (unpaired) electrons. The first kappa shape index (κ1) is 13.4. The molecule has 0 amide bonds. The Bertz CT molecular complexity index is 672. The number of hydrogen-bond donors (Lipinski definition) is 0. The average Bonchev–Trinajstić information content (AvgIpc) is 3.27. The van der Waals surface area contributed by atoms with Gasteiger partial charge in [-0.05, 0) is 38.5 Å². The lowest BCUT2D eigenvalue weighted by molar-refractivity contribution is 0.138. The smallest absolute Gasteiger partial charge is 0.297 e. The molecule has 0 aliphatic heterocycles. The Morgan fingerprint density at radius 1 is 1.19 bits per heavy atom. The SMILES string of the molecule is Cn1c(OC2CCCCC2)nc2cnc(C3CC3)c(Cl)c21. The highest BCUT2D eigenvalue weighted by Crippen LogP contribution is 2.44. The Hall–Kier alpha value is -1.29. The predicted octanol–water partition coefficient (Wildman–Crippen LogP) is 4.21. The van der Waals surface area contributed by atoms with Crippen molar-refractivity contribution in [2.75, 3.05) is 0 Å². The summed E-state index contributed by atoms with van der Waals surface area (Å²) in [5, 5.41) is 0.753. The summed E-state index contributed by atoms with van der Waals surface area (Å²) in [5.41, 5.74) is 2.81. The minimum absolute atomic E-state index is 0.295. The van der Waals surface area contributed by atoms with E-state index in [2.05, 4.69) is 9.97 Å². The molecular formula is C16H20ClN3O. The number of aromatic nitrogens is 3. The highest BCUT2D eigenvalue weighted by Gasteiger charge is 2.29. The molecule has 0 bridgehead atoms. The molecule has 0 spiro atoms. The predicted molar refractivity (Wildman–Crippen MR) is 83.0 cm³/mol. The largest absolute Gasteiger partial charge is 0.461 e. The lowest BCUT2D eigenvalue weighted by atomic mass is 9.98. The van der Waals surface area contributed by atoms with Gasteiger partial charge in [0.25, 0.3) is 6.01 Å². The first-order valence-electron chi connectivity index (χ1n) is 7.91. The van der Waals surface area contributed by atoms with Crippen LogP contribution < -0.4 is 4.74 Å². The van der Waals surface area contributed by atoms with E-state index in [-0.39, 0.29) is 0 Å². The number of rotatable bonds is 3. The van der Waals surface area contributed by atoms with Gasteiger partial charge in [0.05, 0.1) is 22.4 Å². The van der Waals surface area contributed by atoms with Crippen LogP contribution in [-0.4, -0.2) is 20.6 Å². The number of fused-ring (bicyclic) bond motifs is 1. The Morgan fingerprint density at radius 3 is 2.67 bits per heavy atom. The molecule has 2 aliphatic carbocycles. The number of ether oxygens (including phenoxy) is 1. The lowest BCUT2D eigenvalue weighted by Gasteiger charge is -2.22. The zero-order valence-electron chi connectivity index (χ0n) is 12.3. The Kier molecular flexibility index (Phi) is 3.29. The molecule has 2 fully saturated rings. The van der Waals surface area contributed by atoms with E-state index in [9.17, 15) is 0 Å². The normalized spacial score (nSPS) is 20.1. The van der Waals surface area contributed by atoms with Crippen LogP contribution in [0.1, 0.15) is 56.6 Å². The third-order valence-electron chi connectivity index (χ3n) is 4.63. The van der Waals surface area contributed by atoms with Crippen molar-refractivity contribution in [3.8, 4) is 6.01 Å². The average molecular weight is 306 g/mol. The van der Waals surface area contributed by atoms with Crippen LogP contribution in [0.4, 0.5) is 0 Å². The van der Waals surface area contributed by atoms with Crippen LogP contribution in [0.25, 0.3) is 11.0 Å². The van der Waals surface area contributed by atoms with Crippen molar-refractivity contribution in [3.05, 3.63) is 16.9 Å². The second-order valence-corrected chi connectivity index (χ2v) is 6.67. The van der Waals surface area contributed by atoms with E-state index in [1.54, 1.807) is 0 Å². The zero-order valence-corrected chi connectivity index (χ0v) is 13.1. The van der Waals surface area contributed by atoms with E-state index in [0.29, 0.717) is 18.0 Å². The summed E-state index contributed by atoms with van der Waals surface area (Å²) in [6, 6.07) is 0.675. The maximum atomic E-state index is 6.56. The van der Waals surface area contributed by atoms with E-state index >= 15 is 0 Å². The van der Waals surface area contributed by atoms with Gasteiger partial charge in [-0.1, -0.05) is 18.0 Å². The van der Waals surface area contributed by atoms with Gasteiger partial charge in [-0.2, -0.15) is 4.98 Å². The topological polar surface area (TPSA) is 39.9 Å². The summed E-state index contributed by atoms with van der Waals surface area (Å²) in [5.74, 6) is 0.541. The van der Waals surface area contributed by atoms with Gasteiger partial charge in [0.1, 0.15) is 11.6 Å². The molecule has 2 saturated carbocycles. The first-order valence-corrected chi connectivity index (χ1v) is 8.29. The van der Waals surface area contributed by atoms with Crippen LogP contribution in [0.15, 0.2) is 6.20 Å². The van der Waals surface area contributed by atoms with Gasteiger partial charge in [0.2, 0.25) is 0 Å². The molecule has 5 heteroatoms. The molecule has 0 N–H and O–H groups in total. The molecule has 2 aromatic rings. The fourth-order valence-electron chi connectivity index (χ4n) is 3.24. The summed E-state index contributed by atoms with van der Waals surface area (Å²) in [7, 11) is 1.98. The molecule has 0 unspecified atom stereocenters. The van der Waals surface area contributed by atoms with Gasteiger partial charge in [-0.15, -0.1) is 0 Å². The quantitative estimate of drug-likeness (QED) is 0.852. The van der Waals surface area contributed by atoms with Crippen LogP contribution in [0.5, 0.6) is 6.01 Å². The second-order valence-electron chi connectivity index (χ2n) is 6.30. The number of aryl methyl sites for hydroxylation is 1. The van der Waals surface area contributed by atoms with Gasteiger partial charge < -0.3 is 4.74 Å². The summed E-state index contributed by atoms with van der Waals surface area (Å²) >= 11 is 6.56. The summed E-state index contributed by atoms with van der Waals surface area (Å²) in [4.78, 5) is 9.09. The van der Waals surface area contributed by atoms with E-state index in [0.717, 1.165) is 34.6 Å². The van der Waals surface area contributed by atoms with Crippen LogP contribution in [0.2, 0.25) is 5.02 Å². The van der Waals surface area contributed by atoms with Crippen molar-refractivity contribution < 1.29 is 4.74 Å². The van der Waals surface area contributed by atoms with Crippen molar-refractivity contribution in [1.82, 2.24) is 14.5 Å². The van der Waals surface area contributed by atoms with E-state index in [4.69, 9.17) is 16.3 Å². The summed E-state index contributed by atoms with van der Waals surface area (Å²) in [6.45, 7) is 0. The fourth-order valence-corrected chi connectivity index (χ4v) is 3.66. The van der Waals surface area contributed by atoms with Gasteiger partial charge in [-0.25, -0.2) is 0 Å². The number of nitrogens with zero attached hydrogens (tertiary/aromatic N) is 3. The molecule has 4 nitrogen and oxygen atoms in total. The highest BCUT2D eigenvalue weighted by molar-refractivity contribution is 6.35. The Balaban J connectivity index is 1.69.